The van der Waals surface area contributed by atoms with E-state index in [4.69, 9.17) is 4.74 Å². The van der Waals surface area contributed by atoms with Crippen LogP contribution in [0.25, 0.3) is 0 Å². The van der Waals surface area contributed by atoms with Gasteiger partial charge >= 0.3 is 6.18 Å². The molecular weight excluding hydrogens is 323 g/mol. The molecule has 6 heteroatoms. The van der Waals surface area contributed by atoms with Gasteiger partial charge in [-0.1, -0.05) is 22.0 Å². The highest BCUT2D eigenvalue weighted by atomic mass is 79.9. The van der Waals surface area contributed by atoms with E-state index in [2.05, 4.69) is 20.9 Å². The summed E-state index contributed by atoms with van der Waals surface area (Å²) >= 11 is 3.35. The molecule has 100 valence electrons. The largest absolute Gasteiger partial charge is 0.439 e. The summed E-state index contributed by atoms with van der Waals surface area (Å²) in [5.74, 6) is 0.663. The van der Waals surface area contributed by atoms with Crippen LogP contribution in [-0.4, -0.2) is 4.98 Å². The van der Waals surface area contributed by atoms with E-state index in [0.717, 1.165) is 22.3 Å². The summed E-state index contributed by atoms with van der Waals surface area (Å²) in [6.07, 6.45) is -3.64. The van der Waals surface area contributed by atoms with Gasteiger partial charge in [0.1, 0.15) is 5.75 Å². The van der Waals surface area contributed by atoms with Crippen LogP contribution in [0.5, 0.6) is 11.6 Å². The van der Waals surface area contributed by atoms with Crippen molar-refractivity contribution in [1.82, 2.24) is 4.98 Å². The highest BCUT2D eigenvalue weighted by molar-refractivity contribution is 9.10. The summed E-state index contributed by atoms with van der Waals surface area (Å²) in [6.45, 7) is 1.84. The Labute approximate surface area is 116 Å². The average Bonchev–Trinajstić information content (AvgIpc) is 2.35. The normalized spacial score (nSPS) is 11.4. The van der Waals surface area contributed by atoms with Gasteiger partial charge in [-0.05, 0) is 25.1 Å². The van der Waals surface area contributed by atoms with Crippen LogP contribution in [0, 0.1) is 6.92 Å². The number of ether oxygens (including phenoxy) is 1. The maximum Gasteiger partial charge on any atom is 0.417 e. The Morgan fingerprint density at radius 3 is 2.47 bits per heavy atom. The van der Waals surface area contributed by atoms with Crippen molar-refractivity contribution in [1.29, 1.82) is 0 Å². The third-order valence-corrected chi connectivity index (χ3v) is 3.36. The molecule has 2 nitrogen and oxygen atoms in total. The number of alkyl halides is 3. The maximum atomic E-state index is 12.4. The summed E-state index contributed by atoms with van der Waals surface area (Å²) in [6, 6.07) is 7.48. The van der Waals surface area contributed by atoms with Crippen molar-refractivity contribution in [3.05, 3.63) is 52.1 Å². The molecule has 1 aromatic carbocycles. The molecule has 1 heterocycles. The number of nitrogens with zero attached hydrogens (tertiary/aromatic N) is 1. The van der Waals surface area contributed by atoms with Gasteiger partial charge in [-0.2, -0.15) is 13.2 Å². The molecule has 0 unspecified atom stereocenters. The van der Waals surface area contributed by atoms with Crippen LogP contribution in [-0.2, 0) is 6.18 Å². The Morgan fingerprint density at radius 2 is 1.89 bits per heavy atom. The van der Waals surface area contributed by atoms with E-state index in [-0.39, 0.29) is 5.88 Å². The van der Waals surface area contributed by atoms with Gasteiger partial charge in [0.2, 0.25) is 5.88 Å². The zero-order valence-corrected chi connectivity index (χ0v) is 11.4. The number of rotatable bonds is 2. The van der Waals surface area contributed by atoms with Gasteiger partial charge in [0.15, 0.2) is 0 Å². The summed E-state index contributed by atoms with van der Waals surface area (Å²) in [4.78, 5) is 3.65. The average molecular weight is 332 g/mol. The molecule has 19 heavy (non-hydrogen) atoms. The zero-order chi connectivity index (χ0) is 14.0. The van der Waals surface area contributed by atoms with E-state index in [9.17, 15) is 13.2 Å². The minimum Gasteiger partial charge on any atom is -0.439 e. The third-order valence-electron chi connectivity index (χ3n) is 2.50. The minimum absolute atomic E-state index is 0.120. The van der Waals surface area contributed by atoms with Gasteiger partial charge in [-0.3, -0.25) is 0 Å². The SMILES string of the molecule is Cc1c(Br)cccc1Oc1ccc(C(F)(F)F)cn1. The Hall–Kier alpha value is -1.56. The number of hydrogen-bond donors (Lipinski definition) is 0. The van der Waals surface area contributed by atoms with Crippen molar-refractivity contribution in [2.24, 2.45) is 0 Å². The fourth-order valence-electron chi connectivity index (χ4n) is 1.42. The standard InChI is InChI=1S/C13H9BrF3NO/c1-8-10(14)3-2-4-11(8)19-12-6-5-9(7-18-12)13(15,16)17/h2-7H,1H3. The van der Waals surface area contributed by atoms with Gasteiger partial charge in [-0.25, -0.2) is 4.98 Å². The lowest BCUT2D eigenvalue weighted by atomic mass is 10.2. The smallest absolute Gasteiger partial charge is 0.417 e. The van der Waals surface area contributed by atoms with Crippen molar-refractivity contribution in [2.45, 2.75) is 13.1 Å². The first kappa shape index (κ1) is 13.9. The summed E-state index contributed by atoms with van der Waals surface area (Å²) < 4.78 is 43.4. The summed E-state index contributed by atoms with van der Waals surface area (Å²) in [5, 5.41) is 0. The van der Waals surface area contributed by atoms with Gasteiger partial charge in [0.25, 0.3) is 0 Å². The summed E-state index contributed by atoms with van der Waals surface area (Å²) in [5.41, 5.74) is 0.0509. The van der Waals surface area contributed by atoms with Crippen LogP contribution in [0.2, 0.25) is 0 Å². The van der Waals surface area contributed by atoms with E-state index < -0.39 is 11.7 Å². The molecule has 0 radical (unpaired) electrons. The lowest BCUT2D eigenvalue weighted by Crippen LogP contribution is -2.05. The van der Waals surface area contributed by atoms with Crippen molar-refractivity contribution >= 4 is 15.9 Å². The molecule has 0 N–H and O–H groups in total. The molecule has 2 rings (SSSR count). The first-order valence-electron chi connectivity index (χ1n) is 5.34. The predicted octanol–water partition coefficient (Wildman–Crippen LogP) is 4.96. The molecule has 0 aliphatic rings. The Morgan fingerprint density at radius 1 is 1.16 bits per heavy atom. The second kappa shape index (κ2) is 5.21. The van der Waals surface area contributed by atoms with Crippen molar-refractivity contribution in [3.63, 3.8) is 0 Å². The molecular formula is C13H9BrF3NO. The van der Waals surface area contributed by atoms with Gasteiger partial charge in [0, 0.05) is 22.3 Å². The lowest BCUT2D eigenvalue weighted by molar-refractivity contribution is -0.137. The Bertz CT molecular complexity index is 581. The Balaban J connectivity index is 2.23. The second-order valence-electron chi connectivity index (χ2n) is 3.85. The van der Waals surface area contributed by atoms with Gasteiger partial charge in [-0.15, -0.1) is 0 Å². The molecule has 1 aromatic heterocycles. The van der Waals surface area contributed by atoms with Crippen LogP contribution in [0.4, 0.5) is 13.2 Å². The third kappa shape index (κ3) is 3.26. The van der Waals surface area contributed by atoms with Crippen molar-refractivity contribution in [2.75, 3.05) is 0 Å². The van der Waals surface area contributed by atoms with E-state index in [1.165, 1.54) is 6.07 Å². The Kier molecular flexibility index (Phi) is 3.80. The molecule has 0 saturated carbocycles. The highest BCUT2D eigenvalue weighted by Gasteiger charge is 2.30. The fraction of sp³-hybridized carbons (Fsp3) is 0.154. The quantitative estimate of drug-likeness (QED) is 0.775. The molecule has 0 aliphatic heterocycles. The van der Waals surface area contributed by atoms with Gasteiger partial charge in [0.05, 0.1) is 5.56 Å². The molecule has 0 bridgehead atoms. The monoisotopic (exact) mass is 331 g/mol. The van der Waals surface area contributed by atoms with Crippen molar-refractivity contribution < 1.29 is 17.9 Å². The van der Waals surface area contributed by atoms with Crippen LogP contribution in [0.15, 0.2) is 41.0 Å². The van der Waals surface area contributed by atoms with Crippen LogP contribution in [0.1, 0.15) is 11.1 Å². The second-order valence-corrected chi connectivity index (χ2v) is 4.70. The predicted molar refractivity (Wildman–Crippen MR) is 68.2 cm³/mol. The fourth-order valence-corrected chi connectivity index (χ4v) is 1.77. The molecule has 0 aliphatic carbocycles. The number of halogens is 4. The van der Waals surface area contributed by atoms with Crippen LogP contribution in [0.3, 0.4) is 0 Å². The number of hydrogen-bond acceptors (Lipinski definition) is 2. The number of aromatic nitrogens is 1. The molecule has 2 aromatic rings. The topological polar surface area (TPSA) is 22.1 Å². The maximum absolute atomic E-state index is 12.4. The van der Waals surface area contributed by atoms with Crippen molar-refractivity contribution in [3.8, 4) is 11.6 Å². The summed E-state index contributed by atoms with van der Waals surface area (Å²) in [7, 11) is 0. The highest BCUT2D eigenvalue weighted by Crippen LogP contribution is 2.31. The minimum atomic E-state index is -4.39. The first-order valence-corrected chi connectivity index (χ1v) is 6.13. The first-order chi connectivity index (χ1) is 8.88. The van der Waals surface area contributed by atoms with E-state index in [1.807, 2.05) is 13.0 Å². The van der Waals surface area contributed by atoms with Crippen LogP contribution < -0.4 is 4.74 Å². The number of pyridine rings is 1. The molecule has 0 spiro atoms. The zero-order valence-electron chi connectivity index (χ0n) is 9.83. The van der Waals surface area contributed by atoms with Gasteiger partial charge < -0.3 is 4.74 Å². The molecule has 0 saturated heterocycles. The van der Waals surface area contributed by atoms with E-state index >= 15 is 0 Å². The van der Waals surface area contributed by atoms with E-state index in [0.29, 0.717) is 5.75 Å². The number of benzene rings is 1. The van der Waals surface area contributed by atoms with Crippen LogP contribution >= 0.6 is 15.9 Å². The van der Waals surface area contributed by atoms with E-state index in [1.54, 1.807) is 12.1 Å². The molecule has 0 amide bonds. The lowest BCUT2D eigenvalue weighted by Gasteiger charge is -2.10. The molecule has 0 fully saturated rings. The molecule has 0 atom stereocenters.